The Kier molecular flexibility index (Phi) is 5.82. The molecule has 104 valence electrons. The lowest BCUT2D eigenvalue weighted by atomic mass is 9.93. The molecular weight excluding hydrogens is 224 g/mol. The number of hydrogen-bond acceptors (Lipinski definition) is 3. The third-order valence-electron chi connectivity index (χ3n) is 2.92. The molecule has 1 aromatic heterocycles. The first-order chi connectivity index (χ1) is 8.44. The third kappa shape index (κ3) is 5.19. The number of rotatable bonds is 8. The monoisotopic (exact) mass is 252 g/mol. The SMILES string of the molecule is CCCn1cncc1CNCC(C)(C)CN(C)C. The van der Waals surface area contributed by atoms with E-state index in [4.69, 9.17) is 0 Å². The Balaban J connectivity index is 2.39. The van der Waals surface area contributed by atoms with Crippen LogP contribution in [-0.4, -0.2) is 41.6 Å². The first kappa shape index (κ1) is 15.2. The van der Waals surface area contributed by atoms with Crippen LogP contribution in [0.15, 0.2) is 12.5 Å². The minimum Gasteiger partial charge on any atom is -0.333 e. The molecule has 0 aliphatic rings. The summed E-state index contributed by atoms with van der Waals surface area (Å²) in [6.45, 7) is 10.8. The van der Waals surface area contributed by atoms with Gasteiger partial charge in [0.2, 0.25) is 0 Å². The smallest absolute Gasteiger partial charge is 0.0948 e. The van der Waals surface area contributed by atoms with Crippen molar-refractivity contribution in [1.29, 1.82) is 0 Å². The standard InChI is InChI=1S/C14H28N4/c1-6-7-18-12-16-9-13(18)8-15-10-14(2,3)11-17(4)5/h9,12,15H,6-8,10-11H2,1-5H3. The Morgan fingerprint density at radius 1 is 1.39 bits per heavy atom. The van der Waals surface area contributed by atoms with Gasteiger partial charge in [0.05, 0.1) is 12.0 Å². The van der Waals surface area contributed by atoms with Crippen LogP contribution in [-0.2, 0) is 13.1 Å². The number of imidazole rings is 1. The van der Waals surface area contributed by atoms with Crippen molar-refractivity contribution in [3.8, 4) is 0 Å². The largest absolute Gasteiger partial charge is 0.333 e. The average Bonchev–Trinajstić information content (AvgIpc) is 2.64. The highest BCUT2D eigenvalue weighted by atomic mass is 15.1. The lowest BCUT2D eigenvalue weighted by Crippen LogP contribution is -2.37. The maximum atomic E-state index is 4.22. The molecule has 18 heavy (non-hydrogen) atoms. The summed E-state index contributed by atoms with van der Waals surface area (Å²) >= 11 is 0. The highest BCUT2D eigenvalue weighted by Gasteiger charge is 2.18. The van der Waals surface area contributed by atoms with Crippen LogP contribution in [0.1, 0.15) is 32.9 Å². The molecule has 0 saturated carbocycles. The molecule has 0 aliphatic heterocycles. The summed E-state index contributed by atoms with van der Waals surface area (Å²) in [5.74, 6) is 0. The van der Waals surface area contributed by atoms with E-state index in [-0.39, 0.29) is 0 Å². The molecule has 1 rings (SSSR count). The molecule has 1 heterocycles. The molecule has 0 amide bonds. The van der Waals surface area contributed by atoms with E-state index in [1.807, 2.05) is 12.5 Å². The fourth-order valence-electron chi connectivity index (χ4n) is 2.38. The highest BCUT2D eigenvalue weighted by Crippen LogP contribution is 2.14. The van der Waals surface area contributed by atoms with Gasteiger partial charge >= 0.3 is 0 Å². The lowest BCUT2D eigenvalue weighted by Gasteiger charge is -2.28. The van der Waals surface area contributed by atoms with Crippen LogP contribution >= 0.6 is 0 Å². The van der Waals surface area contributed by atoms with E-state index in [0.29, 0.717) is 5.41 Å². The molecule has 0 atom stereocenters. The van der Waals surface area contributed by atoms with Gasteiger partial charge in [-0.2, -0.15) is 0 Å². The van der Waals surface area contributed by atoms with Crippen LogP contribution in [0.5, 0.6) is 0 Å². The number of aromatic nitrogens is 2. The second-order valence-corrected chi connectivity index (χ2v) is 6.08. The van der Waals surface area contributed by atoms with Gasteiger partial charge in [0.1, 0.15) is 0 Å². The molecule has 0 aliphatic carbocycles. The van der Waals surface area contributed by atoms with Gasteiger partial charge in [-0.1, -0.05) is 20.8 Å². The van der Waals surface area contributed by atoms with Crippen LogP contribution in [0.4, 0.5) is 0 Å². The van der Waals surface area contributed by atoms with Gasteiger partial charge < -0.3 is 14.8 Å². The Bertz CT molecular complexity index is 341. The predicted octanol–water partition coefficient (Wildman–Crippen LogP) is 1.97. The van der Waals surface area contributed by atoms with Gasteiger partial charge in [-0.3, -0.25) is 0 Å². The third-order valence-corrected chi connectivity index (χ3v) is 2.92. The van der Waals surface area contributed by atoms with Crippen LogP contribution in [0.2, 0.25) is 0 Å². The van der Waals surface area contributed by atoms with Gasteiger partial charge in [0.15, 0.2) is 0 Å². The second-order valence-electron chi connectivity index (χ2n) is 6.08. The van der Waals surface area contributed by atoms with Crippen LogP contribution in [0.25, 0.3) is 0 Å². The zero-order valence-electron chi connectivity index (χ0n) is 12.5. The number of nitrogens with zero attached hydrogens (tertiary/aromatic N) is 3. The van der Waals surface area contributed by atoms with E-state index < -0.39 is 0 Å². The van der Waals surface area contributed by atoms with E-state index >= 15 is 0 Å². The number of hydrogen-bond donors (Lipinski definition) is 1. The van der Waals surface area contributed by atoms with Crippen LogP contribution in [0, 0.1) is 5.41 Å². The average molecular weight is 252 g/mol. The first-order valence-electron chi connectivity index (χ1n) is 6.79. The normalized spacial score (nSPS) is 12.3. The number of nitrogens with one attached hydrogen (secondary N) is 1. The molecule has 0 unspecified atom stereocenters. The van der Waals surface area contributed by atoms with Gasteiger partial charge in [-0.05, 0) is 25.9 Å². The van der Waals surface area contributed by atoms with Crippen molar-refractivity contribution in [1.82, 2.24) is 19.8 Å². The van der Waals surface area contributed by atoms with E-state index in [9.17, 15) is 0 Å². The second kappa shape index (κ2) is 6.90. The van der Waals surface area contributed by atoms with E-state index in [1.165, 1.54) is 5.69 Å². The Hall–Kier alpha value is -0.870. The fourth-order valence-corrected chi connectivity index (χ4v) is 2.38. The Morgan fingerprint density at radius 2 is 2.11 bits per heavy atom. The topological polar surface area (TPSA) is 33.1 Å². The Labute approximate surface area is 111 Å². The summed E-state index contributed by atoms with van der Waals surface area (Å²) in [5.41, 5.74) is 1.57. The summed E-state index contributed by atoms with van der Waals surface area (Å²) in [4.78, 5) is 6.46. The summed E-state index contributed by atoms with van der Waals surface area (Å²) in [6.07, 6.45) is 5.03. The van der Waals surface area contributed by atoms with Crippen molar-refractivity contribution in [2.45, 2.75) is 40.3 Å². The Morgan fingerprint density at radius 3 is 2.72 bits per heavy atom. The molecule has 0 spiro atoms. The maximum absolute atomic E-state index is 4.22. The number of aryl methyl sites for hydroxylation is 1. The summed E-state index contributed by atoms with van der Waals surface area (Å²) in [6, 6.07) is 0. The molecule has 0 radical (unpaired) electrons. The van der Waals surface area contributed by atoms with Crippen molar-refractivity contribution < 1.29 is 0 Å². The van der Waals surface area contributed by atoms with Gasteiger partial charge in [0, 0.05) is 32.4 Å². The summed E-state index contributed by atoms with van der Waals surface area (Å²) in [7, 11) is 4.25. The van der Waals surface area contributed by atoms with Crippen molar-refractivity contribution in [3.63, 3.8) is 0 Å². The maximum Gasteiger partial charge on any atom is 0.0948 e. The zero-order chi connectivity index (χ0) is 13.6. The van der Waals surface area contributed by atoms with Gasteiger partial charge in [0.25, 0.3) is 0 Å². The van der Waals surface area contributed by atoms with Crippen molar-refractivity contribution in [2.24, 2.45) is 5.41 Å². The molecule has 0 saturated heterocycles. The molecule has 0 fully saturated rings. The van der Waals surface area contributed by atoms with E-state index in [0.717, 1.165) is 32.6 Å². The van der Waals surface area contributed by atoms with Gasteiger partial charge in [-0.15, -0.1) is 0 Å². The minimum atomic E-state index is 0.291. The molecule has 1 N–H and O–H groups in total. The van der Waals surface area contributed by atoms with Crippen LogP contribution in [0.3, 0.4) is 0 Å². The quantitative estimate of drug-likeness (QED) is 0.768. The van der Waals surface area contributed by atoms with Crippen molar-refractivity contribution in [3.05, 3.63) is 18.2 Å². The van der Waals surface area contributed by atoms with Crippen molar-refractivity contribution in [2.75, 3.05) is 27.2 Å². The van der Waals surface area contributed by atoms with E-state index in [2.05, 4.69) is 54.6 Å². The molecule has 0 aromatic carbocycles. The molecule has 4 heteroatoms. The summed E-state index contributed by atoms with van der Waals surface area (Å²) in [5, 5.41) is 3.54. The predicted molar refractivity (Wildman–Crippen MR) is 76.6 cm³/mol. The molecular formula is C14H28N4. The first-order valence-corrected chi connectivity index (χ1v) is 6.79. The molecule has 0 bridgehead atoms. The lowest BCUT2D eigenvalue weighted by molar-refractivity contribution is 0.231. The molecule has 1 aromatic rings. The fraction of sp³-hybridized carbons (Fsp3) is 0.786. The van der Waals surface area contributed by atoms with Crippen LogP contribution < -0.4 is 5.32 Å². The summed E-state index contributed by atoms with van der Waals surface area (Å²) < 4.78 is 2.23. The highest BCUT2D eigenvalue weighted by molar-refractivity contribution is 4.98. The van der Waals surface area contributed by atoms with E-state index in [1.54, 1.807) is 0 Å². The molecule has 4 nitrogen and oxygen atoms in total. The zero-order valence-corrected chi connectivity index (χ0v) is 12.5. The van der Waals surface area contributed by atoms with Crippen molar-refractivity contribution >= 4 is 0 Å². The van der Waals surface area contributed by atoms with Gasteiger partial charge in [-0.25, -0.2) is 4.98 Å². The minimum absolute atomic E-state index is 0.291.